The summed E-state index contributed by atoms with van der Waals surface area (Å²) in [5, 5.41) is 14.4. The third kappa shape index (κ3) is 3.17. The summed E-state index contributed by atoms with van der Waals surface area (Å²) < 4.78 is 0. The Morgan fingerprint density at radius 2 is 2.05 bits per heavy atom. The highest BCUT2D eigenvalue weighted by Crippen LogP contribution is 2.33. The fourth-order valence-electron chi connectivity index (χ4n) is 2.91. The van der Waals surface area contributed by atoms with Crippen molar-refractivity contribution in [3.63, 3.8) is 0 Å². The molecular formula is C13H19ClN4O2. The number of nitrogens with zero attached hydrogens (tertiary/aromatic N) is 3. The Labute approximate surface area is 123 Å². The number of halogens is 1. The van der Waals surface area contributed by atoms with Gasteiger partial charge in [0.2, 0.25) is 11.1 Å². The average Bonchev–Trinajstić information content (AvgIpc) is 2.31. The molecule has 20 heavy (non-hydrogen) atoms. The summed E-state index contributed by atoms with van der Waals surface area (Å²) in [4.78, 5) is 18.6. The highest BCUT2D eigenvalue weighted by atomic mass is 35.5. The van der Waals surface area contributed by atoms with E-state index in [1.807, 2.05) is 0 Å². The van der Waals surface area contributed by atoms with Crippen LogP contribution in [0, 0.1) is 28.9 Å². The average molecular weight is 299 g/mol. The molecule has 0 saturated heterocycles. The molecule has 1 aliphatic rings. The molecule has 1 heterocycles. The van der Waals surface area contributed by atoms with Gasteiger partial charge in [-0.2, -0.15) is 4.98 Å². The third-order valence-electron chi connectivity index (χ3n) is 3.97. The smallest absolute Gasteiger partial charge is 0.332 e. The summed E-state index contributed by atoms with van der Waals surface area (Å²) in [5.74, 6) is 1.39. The van der Waals surface area contributed by atoms with E-state index in [0.29, 0.717) is 11.8 Å². The molecule has 0 bridgehead atoms. The van der Waals surface area contributed by atoms with Gasteiger partial charge in [0.25, 0.3) is 0 Å². The maximum Gasteiger partial charge on any atom is 0.332 e. The molecule has 7 heteroatoms. The Kier molecular flexibility index (Phi) is 4.42. The normalized spacial score (nSPS) is 26.3. The lowest BCUT2D eigenvalue weighted by Gasteiger charge is -2.33. The van der Waals surface area contributed by atoms with Crippen LogP contribution in [0.25, 0.3) is 0 Å². The van der Waals surface area contributed by atoms with Gasteiger partial charge in [-0.3, -0.25) is 10.1 Å². The molecule has 1 aromatic heterocycles. The second-order valence-electron chi connectivity index (χ2n) is 5.68. The number of hydrogen-bond acceptors (Lipinski definition) is 5. The topological polar surface area (TPSA) is 81.0 Å². The molecule has 1 fully saturated rings. The van der Waals surface area contributed by atoms with Gasteiger partial charge in [-0.05, 0) is 49.6 Å². The minimum Gasteiger partial charge on any atom is -0.361 e. The van der Waals surface area contributed by atoms with Crippen molar-refractivity contribution in [3.05, 3.63) is 21.1 Å². The zero-order valence-corrected chi connectivity index (χ0v) is 12.6. The molecule has 110 valence electrons. The summed E-state index contributed by atoms with van der Waals surface area (Å²) >= 11 is 5.82. The largest absolute Gasteiger partial charge is 0.361 e. The maximum atomic E-state index is 11.2. The van der Waals surface area contributed by atoms with Crippen molar-refractivity contribution in [2.24, 2.45) is 11.8 Å². The van der Waals surface area contributed by atoms with Gasteiger partial charge >= 0.3 is 5.69 Å². The van der Waals surface area contributed by atoms with Crippen molar-refractivity contribution < 1.29 is 4.92 Å². The van der Waals surface area contributed by atoms with Gasteiger partial charge in [0.1, 0.15) is 5.69 Å². The number of nitro groups is 1. The fraction of sp³-hybridized carbons (Fsp3) is 0.692. The summed E-state index contributed by atoms with van der Waals surface area (Å²) in [6.45, 7) is 5.97. The Morgan fingerprint density at radius 3 is 2.65 bits per heavy atom. The molecule has 0 radical (unpaired) electrons. The molecule has 0 spiro atoms. The summed E-state index contributed by atoms with van der Waals surface area (Å²) in [7, 11) is 0. The molecule has 0 aromatic carbocycles. The van der Waals surface area contributed by atoms with Crippen LogP contribution in [-0.4, -0.2) is 20.9 Å². The Bertz CT molecular complexity index is 523. The van der Waals surface area contributed by atoms with E-state index in [-0.39, 0.29) is 28.5 Å². The minimum atomic E-state index is -0.454. The van der Waals surface area contributed by atoms with Gasteiger partial charge in [0, 0.05) is 6.04 Å². The van der Waals surface area contributed by atoms with Crippen molar-refractivity contribution in [1.82, 2.24) is 9.97 Å². The molecule has 0 aliphatic heterocycles. The zero-order valence-electron chi connectivity index (χ0n) is 11.9. The van der Waals surface area contributed by atoms with Crippen LogP contribution in [0.15, 0.2) is 0 Å². The first-order valence-corrected chi connectivity index (χ1v) is 7.21. The summed E-state index contributed by atoms with van der Waals surface area (Å²) in [6.07, 6.45) is 3.22. The van der Waals surface area contributed by atoms with E-state index in [1.54, 1.807) is 6.92 Å². The number of aryl methyl sites for hydroxylation is 1. The van der Waals surface area contributed by atoms with Crippen molar-refractivity contribution in [2.45, 2.75) is 46.1 Å². The van der Waals surface area contributed by atoms with Gasteiger partial charge < -0.3 is 5.32 Å². The SMILES string of the molecule is Cc1nc(Cl)nc(NC2CCC(C)CC2C)c1[N+](=O)[O-]. The summed E-state index contributed by atoms with van der Waals surface area (Å²) in [5.41, 5.74) is 0.203. The lowest BCUT2D eigenvalue weighted by atomic mass is 9.80. The van der Waals surface area contributed by atoms with Crippen LogP contribution in [0.2, 0.25) is 5.28 Å². The van der Waals surface area contributed by atoms with Gasteiger partial charge in [-0.1, -0.05) is 13.8 Å². The molecule has 0 amide bonds. The van der Waals surface area contributed by atoms with Gasteiger partial charge in [0.05, 0.1) is 4.92 Å². The van der Waals surface area contributed by atoms with E-state index >= 15 is 0 Å². The maximum absolute atomic E-state index is 11.2. The third-order valence-corrected chi connectivity index (χ3v) is 4.14. The van der Waals surface area contributed by atoms with Crippen molar-refractivity contribution in [2.75, 3.05) is 5.32 Å². The van der Waals surface area contributed by atoms with Crippen LogP contribution in [0.3, 0.4) is 0 Å². The molecular weight excluding hydrogens is 280 g/mol. The van der Waals surface area contributed by atoms with Gasteiger partial charge in [0.15, 0.2) is 0 Å². The van der Waals surface area contributed by atoms with Crippen LogP contribution in [0.4, 0.5) is 11.5 Å². The monoisotopic (exact) mass is 298 g/mol. The lowest BCUT2D eigenvalue weighted by Crippen LogP contribution is -2.33. The van der Waals surface area contributed by atoms with E-state index in [1.165, 1.54) is 0 Å². The first kappa shape index (κ1) is 15.0. The molecule has 1 aliphatic carbocycles. The first-order chi connectivity index (χ1) is 9.38. The Morgan fingerprint density at radius 1 is 1.35 bits per heavy atom. The van der Waals surface area contributed by atoms with E-state index in [0.717, 1.165) is 19.3 Å². The fourth-order valence-corrected chi connectivity index (χ4v) is 3.12. The van der Waals surface area contributed by atoms with E-state index in [4.69, 9.17) is 11.6 Å². The Hall–Kier alpha value is -1.43. The Balaban J connectivity index is 2.26. The molecule has 3 unspecified atom stereocenters. The molecule has 2 rings (SSSR count). The number of rotatable bonds is 3. The standard InChI is InChI=1S/C13H19ClN4O2/c1-7-4-5-10(8(2)6-7)16-12-11(18(19)20)9(3)15-13(14)17-12/h7-8,10H,4-6H2,1-3H3,(H,15,16,17). The van der Waals surface area contributed by atoms with Crippen molar-refractivity contribution >= 4 is 23.1 Å². The number of anilines is 1. The highest BCUT2D eigenvalue weighted by Gasteiger charge is 2.29. The molecule has 3 atom stereocenters. The second-order valence-corrected chi connectivity index (χ2v) is 6.02. The first-order valence-electron chi connectivity index (χ1n) is 6.83. The molecule has 6 nitrogen and oxygen atoms in total. The van der Waals surface area contributed by atoms with Crippen LogP contribution in [0.5, 0.6) is 0 Å². The van der Waals surface area contributed by atoms with Gasteiger partial charge in [-0.25, -0.2) is 4.98 Å². The lowest BCUT2D eigenvalue weighted by molar-refractivity contribution is -0.385. The quantitative estimate of drug-likeness (QED) is 0.524. The number of aromatic nitrogens is 2. The van der Waals surface area contributed by atoms with Crippen LogP contribution in [-0.2, 0) is 0 Å². The van der Waals surface area contributed by atoms with Crippen LogP contribution >= 0.6 is 11.6 Å². The van der Waals surface area contributed by atoms with Gasteiger partial charge in [-0.15, -0.1) is 0 Å². The van der Waals surface area contributed by atoms with Crippen molar-refractivity contribution in [1.29, 1.82) is 0 Å². The number of nitrogens with one attached hydrogen (secondary N) is 1. The second kappa shape index (κ2) is 5.91. The predicted octanol–water partition coefficient (Wildman–Crippen LogP) is 3.58. The minimum absolute atomic E-state index is 0.0347. The van der Waals surface area contributed by atoms with Crippen LogP contribution < -0.4 is 5.32 Å². The highest BCUT2D eigenvalue weighted by molar-refractivity contribution is 6.28. The van der Waals surface area contributed by atoms with Crippen molar-refractivity contribution in [3.8, 4) is 0 Å². The molecule has 1 N–H and O–H groups in total. The van der Waals surface area contributed by atoms with E-state index in [9.17, 15) is 10.1 Å². The summed E-state index contributed by atoms with van der Waals surface area (Å²) in [6, 6.07) is 0.190. The zero-order chi connectivity index (χ0) is 14.9. The van der Waals surface area contributed by atoms with E-state index in [2.05, 4.69) is 29.1 Å². The van der Waals surface area contributed by atoms with E-state index < -0.39 is 4.92 Å². The predicted molar refractivity (Wildman–Crippen MR) is 78.0 cm³/mol. The number of hydrogen-bond donors (Lipinski definition) is 1. The molecule has 1 aromatic rings. The van der Waals surface area contributed by atoms with Crippen LogP contribution in [0.1, 0.15) is 38.8 Å². The molecule has 1 saturated carbocycles.